The minimum atomic E-state index is -0.695. The number of benzene rings is 1. The molecule has 0 fully saturated rings. The highest BCUT2D eigenvalue weighted by Gasteiger charge is 2.18. The lowest BCUT2D eigenvalue weighted by Crippen LogP contribution is -2.31. The Kier molecular flexibility index (Phi) is 3.98. The van der Waals surface area contributed by atoms with Crippen molar-refractivity contribution in [2.75, 3.05) is 11.4 Å². The molecular formula is C15H15FN2O2. The van der Waals surface area contributed by atoms with Crippen LogP contribution in [0.3, 0.4) is 0 Å². The molecule has 2 rings (SSSR count). The van der Waals surface area contributed by atoms with Crippen molar-refractivity contribution in [1.29, 1.82) is 0 Å². The van der Waals surface area contributed by atoms with E-state index in [4.69, 9.17) is 0 Å². The monoisotopic (exact) mass is 274 g/mol. The molecule has 2 aromatic rings. The number of carbonyl (C=O) groups excluding carboxylic acids is 1. The van der Waals surface area contributed by atoms with Gasteiger partial charge in [-0.05, 0) is 31.5 Å². The van der Waals surface area contributed by atoms with Gasteiger partial charge in [-0.3, -0.25) is 4.79 Å². The molecule has 1 aromatic carbocycles. The summed E-state index contributed by atoms with van der Waals surface area (Å²) in [4.78, 5) is 17.4. The lowest BCUT2D eigenvalue weighted by molar-refractivity contribution is 0.0987. The predicted molar refractivity (Wildman–Crippen MR) is 74.4 cm³/mol. The van der Waals surface area contributed by atoms with Crippen molar-refractivity contribution in [3.8, 4) is 5.75 Å². The molecule has 0 spiro atoms. The highest BCUT2D eigenvalue weighted by Crippen LogP contribution is 2.26. The molecule has 1 amide bonds. The number of pyridine rings is 1. The molecule has 0 bridgehead atoms. The Morgan fingerprint density at radius 2 is 2.10 bits per heavy atom. The van der Waals surface area contributed by atoms with Crippen LogP contribution < -0.4 is 4.90 Å². The molecule has 0 unspecified atom stereocenters. The molecule has 0 saturated heterocycles. The smallest absolute Gasteiger partial charge is 0.258 e. The van der Waals surface area contributed by atoms with Gasteiger partial charge in [0.1, 0.15) is 5.75 Å². The van der Waals surface area contributed by atoms with Crippen LogP contribution in [0.1, 0.15) is 22.8 Å². The first-order chi connectivity index (χ1) is 9.52. The van der Waals surface area contributed by atoms with Crippen molar-refractivity contribution in [2.24, 2.45) is 0 Å². The fourth-order valence-electron chi connectivity index (χ4n) is 2.00. The summed E-state index contributed by atoms with van der Waals surface area (Å²) in [5.41, 5.74) is 1.68. The van der Waals surface area contributed by atoms with Crippen molar-refractivity contribution in [3.63, 3.8) is 0 Å². The summed E-state index contributed by atoms with van der Waals surface area (Å²) >= 11 is 0. The fourth-order valence-corrected chi connectivity index (χ4v) is 2.00. The lowest BCUT2D eigenvalue weighted by Gasteiger charge is -2.23. The maximum absolute atomic E-state index is 13.1. The van der Waals surface area contributed by atoms with Crippen LogP contribution in [0, 0.1) is 12.9 Å². The Morgan fingerprint density at radius 1 is 1.35 bits per heavy atom. The number of hydrogen-bond donors (Lipinski definition) is 1. The van der Waals surface area contributed by atoms with Crippen molar-refractivity contribution < 1.29 is 14.3 Å². The molecule has 0 radical (unpaired) electrons. The van der Waals surface area contributed by atoms with Crippen molar-refractivity contribution in [3.05, 3.63) is 53.6 Å². The molecular weight excluding hydrogens is 259 g/mol. The number of amides is 1. The van der Waals surface area contributed by atoms with E-state index in [1.165, 1.54) is 23.2 Å². The van der Waals surface area contributed by atoms with Crippen LogP contribution in [0.2, 0.25) is 0 Å². The summed E-state index contributed by atoms with van der Waals surface area (Å²) in [6, 6.07) is 7.38. The molecule has 0 aliphatic rings. The lowest BCUT2D eigenvalue weighted by atomic mass is 10.1. The van der Waals surface area contributed by atoms with Gasteiger partial charge in [0.15, 0.2) is 0 Å². The zero-order valence-electron chi connectivity index (χ0n) is 11.3. The average Bonchev–Trinajstić information content (AvgIpc) is 2.43. The quantitative estimate of drug-likeness (QED) is 0.876. The maximum atomic E-state index is 13.1. The largest absolute Gasteiger partial charge is 0.508 e. The van der Waals surface area contributed by atoms with E-state index >= 15 is 0 Å². The zero-order valence-corrected chi connectivity index (χ0v) is 11.3. The second-order valence-corrected chi connectivity index (χ2v) is 4.39. The number of nitrogens with zero attached hydrogens (tertiary/aromatic N) is 2. The van der Waals surface area contributed by atoms with Crippen molar-refractivity contribution in [1.82, 2.24) is 4.98 Å². The van der Waals surface area contributed by atoms with E-state index in [0.29, 0.717) is 12.2 Å². The number of phenols is 1. The zero-order chi connectivity index (χ0) is 14.7. The van der Waals surface area contributed by atoms with E-state index in [9.17, 15) is 14.3 Å². The summed E-state index contributed by atoms with van der Waals surface area (Å²) < 4.78 is 13.1. The fraction of sp³-hybridized carbons (Fsp3) is 0.200. The molecule has 104 valence electrons. The molecule has 0 aliphatic carbocycles. The molecule has 0 atom stereocenters. The van der Waals surface area contributed by atoms with Gasteiger partial charge in [-0.25, -0.2) is 4.98 Å². The normalized spacial score (nSPS) is 10.3. The second-order valence-electron chi connectivity index (χ2n) is 4.39. The van der Waals surface area contributed by atoms with E-state index in [1.807, 2.05) is 13.8 Å². The van der Waals surface area contributed by atoms with Crippen LogP contribution >= 0.6 is 0 Å². The first kappa shape index (κ1) is 14.0. The SMILES string of the molecule is CCN(C(=O)c1ccnc(F)c1)c1cc(O)ccc1C. The van der Waals surface area contributed by atoms with Gasteiger partial charge in [-0.15, -0.1) is 0 Å². The van der Waals surface area contributed by atoms with Crippen LogP contribution in [-0.4, -0.2) is 22.5 Å². The van der Waals surface area contributed by atoms with Gasteiger partial charge in [0.05, 0.1) is 5.69 Å². The number of aromatic hydroxyl groups is 1. The van der Waals surface area contributed by atoms with Gasteiger partial charge >= 0.3 is 0 Å². The van der Waals surface area contributed by atoms with Crippen LogP contribution in [0.4, 0.5) is 10.1 Å². The summed E-state index contributed by atoms with van der Waals surface area (Å²) in [6.07, 6.45) is 1.26. The first-order valence-corrected chi connectivity index (χ1v) is 6.26. The van der Waals surface area contributed by atoms with E-state index in [1.54, 1.807) is 12.1 Å². The van der Waals surface area contributed by atoms with E-state index in [0.717, 1.165) is 11.6 Å². The number of phenolic OH excluding ortho intramolecular Hbond substituents is 1. The standard InChI is InChI=1S/C15H15FN2O2/c1-3-18(13-9-12(19)5-4-10(13)2)15(20)11-6-7-17-14(16)8-11/h4-9,19H,3H2,1-2H3. The summed E-state index contributed by atoms with van der Waals surface area (Å²) in [6.45, 7) is 4.07. The van der Waals surface area contributed by atoms with E-state index in [2.05, 4.69) is 4.98 Å². The Morgan fingerprint density at radius 3 is 2.75 bits per heavy atom. The highest BCUT2D eigenvalue weighted by atomic mass is 19.1. The maximum Gasteiger partial charge on any atom is 0.258 e. The highest BCUT2D eigenvalue weighted by molar-refractivity contribution is 6.06. The Balaban J connectivity index is 2.42. The van der Waals surface area contributed by atoms with E-state index < -0.39 is 5.95 Å². The third-order valence-electron chi connectivity index (χ3n) is 3.02. The molecule has 0 aliphatic heterocycles. The molecule has 1 aromatic heterocycles. The number of carbonyl (C=O) groups is 1. The molecule has 1 heterocycles. The van der Waals surface area contributed by atoms with E-state index in [-0.39, 0.29) is 17.2 Å². The van der Waals surface area contributed by atoms with Gasteiger partial charge in [0.2, 0.25) is 5.95 Å². The average molecular weight is 274 g/mol. The molecule has 1 N–H and O–H groups in total. The minimum absolute atomic E-state index is 0.0813. The number of aromatic nitrogens is 1. The minimum Gasteiger partial charge on any atom is -0.508 e. The van der Waals surface area contributed by atoms with Crippen molar-refractivity contribution in [2.45, 2.75) is 13.8 Å². The molecule has 20 heavy (non-hydrogen) atoms. The summed E-state index contributed by atoms with van der Waals surface area (Å²) in [5, 5.41) is 9.57. The van der Waals surface area contributed by atoms with Crippen LogP contribution in [0.25, 0.3) is 0 Å². The van der Waals surface area contributed by atoms with Gasteiger partial charge in [-0.2, -0.15) is 4.39 Å². The van der Waals surface area contributed by atoms with Crippen LogP contribution in [0.15, 0.2) is 36.5 Å². The number of aryl methyl sites for hydroxylation is 1. The van der Waals surface area contributed by atoms with Gasteiger partial charge in [-0.1, -0.05) is 6.07 Å². The number of rotatable bonds is 3. The van der Waals surface area contributed by atoms with Gasteiger partial charge < -0.3 is 10.0 Å². The summed E-state index contributed by atoms with van der Waals surface area (Å²) in [5.74, 6) is -0.945. The topological polar surface area (TPSA) is 53.4 Å². The van der Waals surface area contributed by atoms with Crippen LogP contribution in [0.5, 0.6) is 5.75 Å². The number of anilines is 1. The molecule has 0 saturated carbocycles. The first-order valence-electron chi connectivity index (χ1n) is 6.26. The van der Waals surface area contributed by atoms with Crippen molar-refractivity contribution >= 4 is 11.6 Å². The third-order valence-corrected chi connectivity index (χ3v) is 3.02. The Hall–Kier alpha value is -2.43. The van der Waals surface area contributed by atoms with Gasteiger partial charge in [0.25, 0.3) is 5.91 Å². The number of hydrogen-bond acceptors (Lipinski definition) is 3. The number of halogens is 1. The molecule has 5 heteroatoms. The van der Waals surface area contributed by atoms with Crippen LogP contribution in [-0.2, 0) is 0 Å². The summed E-state index contributed by atoms with van der Waals surface area (Å²) in [7, 11) is 0. The third kappa shape index (κ3) is 2.77. The molecule has 4 nitrogen and oxygen atoms in total. The Labute approximate surface area is 116 Å². The Bertz CT molecular complexity index is 644. The van der Waals surface area contributed by atoms with Gasteiger partial charge in [0, 0.05) is 30.4 Å². The predicted octanol–water partition coefficient (Wildman–Crippen LogP) is 2.90. The second kappa shape index (κ2) is 5.69.